The van der Waals surface area contributed by atoms with Crippen LogP contribution in [0.25, 0.3) is 0 Å². The van der Waals surface area contributed by atoms with Gasteiger partial charge in [-0.25, -0.2) is 0 Å². The fourth-order valence-electron chi connectivity index (χ4n) is 0.902. The Morgan fingerprint density at radius 1 is 1.21 bits per heavy atom. The molecule has 0 spiro atoms. The lowest BCUT2D eigenvalue weighted by atomic mass is 9.98. The van der Waals surface area contributed by atoms with Gasteiger partial charge in [0.2, 0.25) is 0 Å². The minimum Gasteiger partial charge on any atom is -0.508 e. The Kier molecular flexibility index (Phi) is 9.14. The van der Waals surface area contributed by atoms with E-state index in [0.29, 0.717) is 5.75 Å². The van der Waals surface area contributed by atoms with Gasteiger partial charge in [-0.05, 0) is 25.5 Å². The fourth-order valence-corrected chi connectivity index (χ4v) is 0.902. The highest BCUT2D eigenvalue weighted by Crippen LogP contribution is 2.08. The summed E-state index contributed by atoms with van der Waals surface area (Å²) in [7, 11) is 0. The first kappa shape index (κ1) is 19.3. The minimum atomic E-state index is -1.43. The molecular weight excluding hydrogens is 249 g/mol. The zero-order valence-corrected chi connectivity index (χ0v) is 10.6. The number of nitrogens with two attached hydrogens (primary N) is 1. The Morgan fingerprint density at radius 2 is 1.68 bits per heavy atom. The number of carboxylic acids is 2. The quantitative estimate of drug-likeness (QED) is 0.594. The van der Waals surface area contributed by atoms with E-state index >= 15 is 0 Å². The highest BCUT2D eigenvalue weighted by atomic mass is 16.4. The summed E-state index contributed by atoms with van der Waals surface area (Å²) in [5, 5.41) is 25.3. The van der Waals surface area contributed by atoms with Gasteiger partial charge in [-0.3, -0.25) is 9.59 Å². The third-order valence-electron chi connectivity index (χ3n) is 2.10. The summed E-state index contributed by atoms with van der Waals surface area (Å²) in [6.07, 6.45) is -0.281. The van der Waals surface area contributed by atoms with E-state index in [1.807, 2.05) is 6.07 Å². The van der Waals surface area contributed by atoms with Crippen LogP contribution in [-0.4, -0.2) is 41.2 Å². The van der Waals surface area contributed by atoms with Crippen LogP contribution in [0.3, 0.4) is 0 Å². The maximum absolute atomic E-state index is 10.3. The summed E-state index contributed by atoms with van der Waals surface area (Å²) in [6, 6.07) is 8.71. The predicted molar refractivity (Wildman–Crippen MR) is 71.0 cm³/mol. The molecule has 5 N–H and O–H groups in total. The van der Waals surface area contributed by atoms with E-state index in [4.69, 9.17) is 21.1 Å². The van der Waals surface area contributed by atoms with Crippen LogP contribution in [0.4, 0.5) is 0 Å². The molecule has 1 unspecified atom stereocenters. The molecule has 0 saturated heterocycles. The van der Waals surface area contributed by atoms with Gasteiger partial charge in [0.25, 0.3) is 0 Å². The molecular formula is C12H17BNO5. The zero-order chi connectivity index (χ0) is 14.2. The van der Waals surface area contributed by atoms with Gasteiger partial charge < -0.3 is 21.1 Å². The first-order chi connectivity index (χ1) is 8.25. The lowest BCUT2D eigenvalue weighted by molar-refractivity contribution is -0.143. The SMILES string of the molecule is CC(N)(CCC(=O)O)C(=O)O.Oc1ccccc1.[B]. The van der Waals surface area contributed by atoms with E-state index in [-0.39, 0.29) is 21.3 Å². The molecule has 0 bridgehead atoms. The Morgan fingerprint density at radius 3 is 1.95 bits per heavy atom. The third kappa shape index (κ3) is 9.67. The van der Waals surface area contributed by atoms with Gasteiger partial charge in [0.1, 0.15) is 11.3 Å². The number of rotatable bonds is 4. The summed E-state index contributed by atoms with van der Waals surface area (Å²) in [5.41, 5.74) is 3.81. The van der Waals surface area contributed by atoms with E-state index in [9.17, 15) is 9.59 Å². The van der Waals surface area contributed by atoms with Crippen molar-refractivity contribution in [1.82, 2.24) is 0 Å². The van der Waals surface area contributed by atoms with Crippen molar-refractivity contribution in [2.45, 2.75) is 25.3 Å². The molecule has 1 rings (SSSR count). The number of carbonyl (C=O) groups is 2. The molecule has 0 saturated carbocycles. The number of hydrogen-bond donors (Lipinski definition) is 4. The van der Waals surface area contributed by atoms with Crippen molar-refractivity contribution in [1.29, 1.82) is 0 Å². The number of benzene rings is 1. The van der Waals surface area contributed by atoms with Gasteiger partial charge in [0.15, 0.2) is 0 Å². The number of phenolic OH excluding ortho intramolecular Hbond substituents is 1. The van der Waals surface area contributed by atoms with E-state index in [1.54, 1.807) is 24.3 Å². The Labute approximate surface area is 113 Å². The topological polar surface area (TPSA) is 121 Å². The fraction of sp³-hybridized carbons (Fsp3) is 0.333. The van der Waals surface area contributed by atoms with Crippen LogP contribution in [0.15, 0.2) is 30.3 Å². The first-order valence-electron chi connectivity index (χ1n) is 5.24. The molecule has 7 heteroatoms. The summed E-state index contributed by atoms with van der Waals surface area (Å²) >= 11 is 0. The predicted octanol–water partition coefficient (Wildman–Crippen LogP) is 0.665. The standard InChI is InChI=1S/C6H11NO4.C6H6O.B/c1-6(7,5(10)11)3-2-4(8)9;7-6-4-2-1-3-5-6;/h2-3,7H2,1H3,(H,8,9)(H,10,11);1-5,7H;. The summed E-state index contributed by atoms with van der Waals surface area (Å²) < 4.78 is 0. The Hall–Kier alpha value is -2.02. The number of carboxylic acid groups (broad SMARTS) is 2. The van der Waals surface area contributed by atoms with E-state index in [2.05, 4.69) is 0 Å². The maximum atomic E-state index is 10.3. The number of phenols is 1. The normalized spacial score (nSPS) is 12.1. The van der Waals surface area contributed by atoms with Crippen LogP contribution in [0.5, 0.6) is 5.75 Å². The molecule has 103 valence electrons. The van der Waals surface area contributed by atoms with E-state index in [0.717, 1.165) is 0 Å². The van der Waals surface area contributed by atoms with Gasteiger partial charge in [-0.15, -0.1) is 0 Å². The van der Waals surface area contributed by atoms with Crippen LogP contribution in [-0.2, 0) is 9.59 Å². The highest BCUT2D eigenvalue weighted by molar-refractivity contribution is 5.78. The van der Waals surface area contributed by atoms with Gasteiger partial charge in [-0.1, -0.05) is 18.2 Å². The number of aliphatic carboxylic acids is 2. The number of aromatic hydroxyl groups is 1. The van der Waals surface area contributed by atoms with Crippen LogP contribution in [0, 0.1) is 0 Å². The minimum absolute atomic E-state index is 0. The Bertz CT molecular complexity index is 394. The van der Waals surface area contributed by atoms with Gasteiger partial charge in [0.05, 0.1) is 0 Å². The molecule has 1 aromatic rings. The molecule has 0 aliphatic carbocycles. The number of hydrogen-bond acceptors (Lipinski definition) is 4. The third-order valence-corrected chi connectivity index (χ3v) is 2.10. The average molecular weight is 266 g/mol. The smallest absolute Gasteiger partial charge is 0.323 e. The second-order valence-electron chi connectivity index (χ2n) is 3.95. The molecule has 0 aliphatic heterocycles. The Balaban J connectivity index is 0. The summed E-state index contributed by atoms with van der Waals surface area (Å²) in [6.45, 7) is 1.29. The molecule has 1 atom stereocenters. The van der Waals surface area contributed by atoms with Crippen molar-refractivity contribution in [3.8, 4) is 5.75 Å². The van der Waals surface area contributed by atoms with Crippen molar-refractivity contribution in [2.75, 3.05) is 0 Å². The van der Waals surface area contributed by atoms with Crippen LogP contribution in [0.1, 0.15) is 19.8 Å². The lowest BCUT2D eigenvalue weighted by Crippen LogP contribution is -2.45. The molecule has 19 heavy (non-hydrogen) atoms. The van der Waals surface area contributed by atoms with Crippen molar-refractivity contribution in [3.63, 3.8) is 0 Å². The molecule has 0 aliphatic rings. The lowest BCUT2D eigenvalue weighted by Gasteiger charge is -2.16. The monoisotopic (exact) mass is 266 g/mol. The molecule has 0 fully saturated rings. The summed E-state index contributed by atoms with van der Waals surface area (Å²) in [4.78, 5) is 20.3. The molecule has 3 radical (unpaired) electrons. The second-order valence-corrected chi connectivity index (χ2v) is 3.95. The van der Waals surface area contributed by atoms with Crippen molar-refractivity contribution in [2.24, 2.45) is 5.73 Å². The van der Waals surface area contributed by atoms with E-state index < -0.39 is 17.5 Å². The molecule has 0 heterocycles. The summed E-state index contributed by atoms with van der Waals surface area (Å²) in [5.74, 6) is -1.90. The first-order valence-corrected chi connectivity index (χ1v) is 5.24. The van der Waals surface area contributed by atoms with Gasteiger partial charge in [-0.2, -0.15) is 0 Å². The van der Waals surface area contributed by atoms with Crippen molar-refractivity contribution >= 4 is 20.4 Å². The van der Waals surface area contributed by atoms with Gasteiger partial charge >= 0.3 is 11.9 Å². The van der Waals surface area contributed by atoms with Crippen LogP contribution in [0.2, 0.25) is 0 Å². The number of para-hydroxylation sites is 1. The van der Waals surface area contributed by atoms with E-state index in [1.165, 1.54) is 6.92 Å². The zero-order valence-electron chi connectivity index (χ0n) is 10.6. The molecule has 0 amide bonds. The second kappa shape index (κ2) is 8.99. The molecule has 0 aromatic heterocycles. The van der Waals surface area contributed by atoms with Crippen molar-refractivity contribution in [3.05, 3.63) is 30.3 Å². The molecule has 1 aromatic carbocycles. The maximum Gasteiger partial charge on any atom is 0.323 e. The average Bonchev–Trinajstić information content (AvgIpc) is 2.28. The van der Waals surface area contributed by atoms with Crippen LogP contribution < -0.4 is 5.73 Å². The largest absolute Gasteiger partial charge is 0.508 e. The van der Waals surface area contributed by atoms with Gasteiger partial charge in [0, 0.05) is 14.8 Å². The van der Waals surface area contributed by atoms with Crippen molar-refractivity contribution < 1.29 is 24.9 Å². The highest BCUT2D eigenvalue weighted by Gasteiger charge is 2.27. The molecule has 6 nitrogen and oxygen atoms in total. The van der Waals surface area contributed by atoms with Crippen LogP contribution >= 0.6 is 0 Å².